The number of likely N-dealkylation sites (N-methyl/N-ethyl adjacent to an activating group) is 1. The molecule has 21 heavy (non-hydrogen) atoms. The Hall–Kier alpha value is -1.78. The van der Waals surface area contributed by atoms with E-state index in [-0.39, 0.29) is 17.9 Å². The van der Waals surface area contributed by atoms with Crippen LogP contribution in [0.2, 0.25) is 0 Å². The van der Waals surface area contributed by atoms with Gasteiger partial charge in [0.05, 0.1) is 6.04 Å². The third-order valence-corrected chi connectivity index (χ3v) is 3.72. The Bertz CT molecular complexity index is 559. The summed E-state index contributed by atoms with van der Waals surface area (Å²) in [5, 5.41) is 0. The Morgan fingerprint density at radius 2 is 1.95 bits per heavy atom. The maximum Gasteiger partial charge on any atom is 0.123 e. The molecular weight excluding hydrogens is 265 g/mol. The van der Waals surface area contributed by atoms with E-state index in [4.69, 9.17) is 5.73 Å². The molecule has 0 saturated carbocycles. The van der Waals surface area contributed by atoms with Crippen molar-refractivity contribution in [1.82, 2.24) is 9.88 Å². The van der Waals surface area contributed by atoms with E-state index in [1.165, 1.54) is 6.07 Å². The highest BCUT2D eigenvalue weighted by Gasteiger charge is 2.23. The lowest BCUT2D eigenvalue weighted by molar-refractivity contribution is 0.201. The van der Waals surface area contributed by atoms with Crippen LogP contribution in [-0.2, 0) is 6.54 Å². The Balaban J connectivity index is 2.23. The van der Waals surface area contributed by atoms with Crippen LogP contribution in [0.3, 0.4) is 0 Å². The van der Waals surface area contributed by atoms with Gasteiger partial charge in [-0.2, -0.15) is 0 Å². The molecule has 2 unspecified atom stereocenters. The van der Waals surface area contributed by atoms with Crippen LogP contribution in [-0.4, -0.2) is 23.0 Å². The zero-order chi connectivity index (χ0) is 15.2. The second kappa shape index (κ2) is 7.29. The van der Waals surface area contributed by atoms with Crippen molar-refractivity contribution in [3.8, 4) is 0 Å². The molecule has 1 heterocycles. The van der Waals surface area contributed by atoms with Gasteiger partial charge in [0.1, 0.15) is 5.82 Å². The molecular formula is C17H22FN3. The van der Waals surface area contributed by atoms with Crippen molar-refractivity contribution in [3.05, 3.63) is 65.7 Å². The summed E-state index contributed by atoms with van der Waals surface area (Å²) in [6.45, 7) is 2.80. The summed E-state index contributed by atoms with van der Waals surface area (Å²) in [5.74, 6) is -0.224. The van der Waals surface area contributed by atoms with E-state index >= 15 is 0 Å². The van der Waals surface area contributed by atoms with Crippen molar-refractivity contribution in [2.24, 2.45) is 5.73 Å². The van der Waals surface area contributed by atoms with Crippen LogP contribution in [0.4, 0.5) is 4.39 Å². The molecule has 0 radical (unpaired) electrons. The van der Waals surface area contributed by atoms with E-state index in [2.05, 4.69) is 16.8 Å². The van der Waals surface area contributed by atoms with E-state index in [0.29, 0.717) is 0 Å². The molecule has 0 aliphatic carbocycles. The van der Waals surface area contributed by atoms with E-state index in [1.54, 1.807) is 24.5 Å². The summed E-state index contributed by atoms with van der Waals surface area (Å²) in [6, 6.07) is 10.6. The molecule has 3 nitrogen and oxygen atoms in total. The van der Waals surface area contributed by atoms with Gasteiger partial charge in [0.15, 0.2) is 0 Å². The Morgan fingerprint density at radius 3 is 2.57 bits per heavy atom. The van der Waals surface area contributed by atoms with Crippen molar-refractivity contribution >= 4 is 0 Å². The number of nitrogens with zero attached hydrogens (tertiary/aromatic N) is 2. The number of aromatic nitrogens is 1. The van der Waals surface area contributed by atoms with E-state index < -0.39 is 0 Å². The largest absolute Gasteiger partial charge is 0.326 e. The third kappa shape index (κ3) is 4.09. The van der Waals surface area contributed by atoms with Crippen LogP contribution in [0.25, 0.3) is 0 Å². The van der Waals surface area contributed by atoms with Crippen LogP contribution in [0.5, 0.6) is 0 Å². The van der Waals surface area contributed by atoms with Gasteiger partial charge in [-0.25, -0.2) is 4.39 Å². The first-order chi connectivity index (χ1) is 10.1. The van der Waals surface area contributed by atoms with Gasteiger partial charge in [0.25, 0.3) is 0 Å². The minimum absolute atomic E-state index is 0.0149. The van der Waals surface area contributed by atoms with Crippen LogP contribution >= 0.6 is 0 Å². The number of benzene rings is 1. The number of hydrogen-bond donors (Lipinski definition) is 1. The molecule has 0 aliphatic heterocycles. The quantitative estimate of drug-likeness (QED) is 0.887. The maximum atomic E-state index is 13.5. The van der Waals surface area contributed by atoms with Gasteiger partial charge in [0.2, 0.25) is 0 Å². The van der Waals surface area contributed by atoms with Crippen molar-refractivity contribution in [3.63, 3.8) is 0 Å². The Labute approximate surface area is 125 Å². The van der Waals surface area contributed by atoms with Gasteiger partial charge < -0.3 is 5.73 Å². The average Bonchev–Trinajstić information content (AvgIpc) is 2.48. The van der Waals surface area contributed by atoms with E-state index in [0.717, 1.165) is 24.1 Å². The van der Waals surface area contributed by atoms with Gasteiger partial charge in [0, 0.05) is 25.0 Å². The molecule has 0 bridgehead atoms. The molecule has 112 valence electrons. The zero-order valence-electron chi connectivity index (χ0n) is 12.5. The first-order valence-corrected chi connectivity index (χ1v) is 7.22. The normalized spacial score (nSPS) is 14.1. The first kappa shape index (κ1) is 15.6. The van der Waals surface area contributed by atoms with E-state index in [9.17, 15) is 4.39 Å². The molecule has 0 fully saturated rings. The van der Waals surface area contributed by atoms with Gasteiger partial charge in [-0.15, -0.1) is 0 Å². The molecule has 0 aliphatic rings. The predicted octanol–water partition coefficient (Wildman–Crippen LogP) is 3.13. The van der Waals surface area contributed by atoms with E-state index in [1.807, 2.05) is 25.2 Å². The van der Waals surface area contributed by atoms with Crippen LogP contribution in [0, 0.1) is 5.82 Å². The number of halogens is 1. The summed E-state index contributed by atoms with van der Waals surface area (Å²) in [5.41, 5.74) is 8.36. The van der Waals surface area contributed by atoms with Crippen molar-refractivity contribution in [1.29, 1.82) is 0 Å². The molecule has 2 N–H and O–H groups in total. The highest BCUT2D eigenvalue weighted by Crippen LogP contribution is 2.26. The third-order valence-electron chi connectivity index (χ3n) is 3.72. The minimum Gasteiger partial charge on any atom is -0.326 e. The van der Waals surface area contributed by atoms with Crippen molar-refractivity contribution in [2.75, 3.05) is 7.05 Å². The lowest BCUT2D eigenvalue weighted by Gasteiger charge is -2.33. The first-order valence-electron chi connectivity index (χ1n) is 7.22. The van der Waals surface area contributed by atoms with Gasteiger partial charge in [-0.3, -0.25) is 9.88 Å². The molecule has 2 rings (SSSR count). The Kier molecular flexibility index (Phi) is 5.42. The van der Waals surface area contributed by atoms with Crippen LogP contribution < -0.4 is 5.73 Å². The SMILES string of the molecule is CCC(N)C(c1cccc(F)c1)N(C)Cc1ccncc1. The lowest BCUT2D eigenvalue weighted by atomic mass is 9.96. The number of rotatable bonds is 6. The van der Waals surface area contributed by atoms with Crippen LogP contribution in [0.15, 0.2) is 48.8 Å². The summed E-state index contributed by atoms with van der Waals surface area (Å²) in [7, 11) is 2.02. The van der Waals surface area contributed by atoms with Gasteiger partial charge in [-0.05, 0) is 48.9 Å². The zero-order valence-corrected chi connectivity index (χ0v) is 12.5. The highest BCUT2D eigenvalue weighted by atomic mass is 19.1. The van der Waals surface area contributed by atoms with Crippen molar-refractivity contribution in [2.45, 2.75) is 32.0 Å². The summed E-state index contributed by atoms with van der Waals surface area (Å²) >= 11 is 0. The number of pyridine rings is 1. The summed E-state index contributed by atoms with van der Waals surface area (Å²) in [4.78, 5) is 6.19. The highest BCUT2D eigenvalue weighted by molar-refractivity contribution is 5.22. The van der Waals surface area contributed by atoms with Crippen molar-refractivity contribution < 1.29 is 4.39 Å². The van der Waals surface area contributed by atoms with Crippen LogP contribution in [0.1, 0.15) is 30.5 Å². The van der Waals surface area contributed by atoms with Gasteiger partial charge in [-0.1, -0.05) is 19.1 Å². The number of nitrogens with two attached hydrogens (primary N) is 1. The summed E-state index contributed by atoms with van der Waals surface area (Å²) < 4.78 is 13.5. The molecule has 0 spiro atoms. The Morgan fingerprint density at radius 1 is 1.24 bits per heavy atom. The molecule has 2 atom stereocenters. The summed E-state index contributed by atoms with van der Waals surface area (Å²) in [6.07, 6.45) is 4.39. The average molecular weight is 287 g/mol. The number of hydrogen-bond acceptors (Lipinski definition) is 3. The molecule has 2 aromatic rings. The smallest absolute Gasteiger partial charge is 0.123 e. The predicted molar refractivity (Wildman–Crippen MR) is 83.1 cm³/mol. The lowest BCUT2D eigenvalue weighted by Crippen LogP contribution is -2.38. The molecule has 4 heteroatoms. The second-order valence-electron chi connectivity index (χ2n) is 5.34. The maximum absolute atomic E-state index is 13.5. The molecule has 1 aromatic carbocycles. The molecule has 0 amide bonds. The fourth-order valence-electron chi connectivity index (χ4n) is 2.62. The fraction of sp³-hybridized carbons (Fsp3) is 0.353. The fourth-order valence-corrected chi connectivity index (χ4v) is 2.62. The topological polar surface area (TPSA) is 42.1 Å². The minimum atomic E-state index is -0.224. The molecule has 1 aromatic heterocycles. The standard InChI is InChI=1S/C17H22FN3/c1-3-16(19)17(14-5-4-6-15(18)11-14)21(2)12-13-7-9-20-10-8-13/h4-11,16-17H,3,12,19H2,1-2H3. The second-order valence-corrected chi connectivity index (χ2v) is 5.34. The molecule has 0 saturated heterocycles. The van der Waals surface area contributed by atoms with Gasteiger partial charge >= 0.3 is 0 Å². The monoisotopic (exact) mass is 287 g/mol.